The molecule has 1 unspecified atom stereocenters. The molecule has 8 nitrogen and oxygen atoms in total. The van der Waals surface area contributed by atoms with E-state index in [1.165, 1.54) is 12.3 Å². The molecular formula is C22H19BrClN3O5. The van der Waals surface area contributed by atoms with Crippen molar-refractivity contribution in [3.63, 3.8) is 0 Å². The Labute approximate surface area is 197 Å². The van der Waals surface area contributed by atoms with Gasteiger partial charge in [-0.15, -0.1) is 0 Å². The molecule has 32 heavy (non-hydrogen) atoms. The van der Waals surface area contributed by atoms with Gasteiger partial charge in [-0.3, -0.25) is 0 Å². The molecule has 0 aliphatic carbocycles. The summed E-state index contributed by atoms with van der Waals surface area (Å²) in [6, 6.07) is 7.04. The van der Waals surface area contributed by atoms with Gasteiger partial charge < -0.3 is 20.1 Å². The summed E-state index contributed by atoms with van der Waals surface area (Å²) < 4.78 is 11.0. The number of esters is 2. The quantitative estimate of drug-likeness (QED) is 0.254. The van der Waals surface area contributed by atoms with Crippen LogP contribution in [0.4, 0.5) is 4.79 Å². The lowest BCUT2D eigenvalue weighted by Crippen LogP contribution is -2.45. The predicted molar refractivity (Wildman–Crippen MR) is 122 cm³/mol. The fraction of sp³-hybridized carbons (Fsp3) is 0.182. The Kier molecular flexibility index (Phi) is 7.66. The Bertz CT molecular complexity index is 1130. The molecule has 10 heteroatoms. The fourth-order valence-corrected chi connectivity index (χ4v) is 3.69. The van der Waals surface area contributed by atoms with Crippen LogP contribution in [0, 0.1) is 0 Å². The predicted octanol–water partition coefficient (Wildman–Crippen LogP) is 4.31. The van der Waals surface area contributed by atoms with Crippen molar-refractivity contribution in [3.8, 4) is 5.75 Å². The molecule has 0 fully saturated rings. The van der Waals surface area contributed by atoms with Crippen LogP contribution in [-0.2, 0) is 14.3 Å². The van der Waals surface area contributed by atoms with Crippen LogP contribution in [0.15, 0.2) is 58.3 Å². The largest absolute Gasteiger partial charge is 0.463 e. The first-order chi connectivity index (χ1) is 15.3. The highest BCUT2D eigenvalue weighted by molar-refractivity contribution is 9.10. The van der Waals surface area contributed by atoms with Crippen molar-refractivity contribution >= 4 is 51.6 Å². The van der Waals surface area contributed by atoms with E-state index in [0.29, 0.717) is 32.0 Å². The zero-order valence-electron chi connectivity index (χ0n) is 17.1. The van der Waals surface area contributed by atoms with Gasteiger partial charge in [-0.1, -0.05) is 17.7 Å². The normalized spacial score (nSPS) is 15.9. The monoisotopic (exact) mass is 519 g/mol. The maximum atomic E-state index is 12.4. The number of amides is 2. The number of halogens is 2. The van der Waals surface area contributed by atoms with E-state index >= 15 is 0 Å². The second-order valence-electron chi connectivity index (χ2n) is 6.65. The molecule has 0 saturated carbocycles. The minimum atomic E-state index is -0.722. The summed E-state index contributed by atoms with van der Waals surface area (Å²) in [7, 11) is 0. The average Bonchev–Trinajstić information content (AvgIpc) is 2.73. The Morgan fingerprint density at radius 3 is 2.75 bits per heavy atom. The highest BCUT2D eigenvalue weighted by atomic mass is 79.9. The third-order valence-corrected chi connectivity index (χ3v) is 5.25. The molecule has 2 heterocycles. The number of benzene rings is 1. The van der Waals surface area contributed by atoms with Crippen LogP contribution in [0.1, 0.15) is 31.0 Å². The Balaban J connectivity index is 1.79. The first kappa shape index (κ1) is 23.5. The molecule has 1 aromatic carbocycles. The number of aromatic nitrogens is 1. The van der Waals surface area contributed by atoms with Crippen molar-refractivity contribution in [2.75, 3.05) is 6.61 Å². The van der Waals surface area contributed by atoms with E-state index in [-0.39, 0.29) is 12.4 Å². The SMILES string of the molecule is CCOC(=O)C1=C(C)NC(=O)NC1c1ccc(OC(=O)/C=C/c2ccnc(Cl)c2)c(Br)c1. The van der Waals surface area contributed by atoms with Crippen molar-refractivity contribution in [1.82, 2.24) is 15.6 Å². The van der Waals surface area contributed by atoms with E-state index in [0.717, 1.165) is 0 Å². The summed E-state index contributed by atoms with van der Waals surface area (Å²) in [5, 5.41) is 5.61. The van der Waals surface area contributed by atoms with Crippen LogP contribution >= 0.6 is 27.5 Å². The molecule has 0 bridgehead atoms. The number of carbonyl (C=O) groups excluding carboxylic acids is 3. The number of allylic oxidation sites excluding steroid dienone is 1. The molecule has 1 aliphatic heterocycles. The van der Waals surface area contributed by atoms with Gasteiger partial charge in [0, 0.05) is 18.0 Å². The molecule has 1 aliphatic rings. The van der Waals surface area contributed by atoms with Gasteiger partial charge in [0.05, 0.1) is 22.7 Å². The Morgan fingerprint density at radius 1 is 1.28 bits per heavy atom. The number of urea groups is 1. The molecule has 1 aromatic heterocycles. The maximum absolute atomic E-state index is 12.4. The van der Waals surface area contributed by atoms with Gasteiger partial charge in [0.1, 0.15) is 10.9 Å². The number of pyridine rings is 1. The number of hydrogen-bond acceptors (Lipinski definition) is 6. The van der Waals surface area contributed by atoms with E-state index in [1.807, 2.05) is 0 Å². The van der Waals surface area contributed by atoms with Crippen molar-refractivity contribution in [1.29, 1.82) is 0 Å². The molecule has 0 spiro atoms. The highest BCUT2D eigenvalue weighted by Crippen LogP contribution is 2.33. The zero-order valence-corrected chi connectivity index (χ0v) is 19.5. The van der Waals surface area contributed by atoms with E-state index in [9.17, 15) is 14.4 Å². The van der Waals surface area contributed by atoms with Crippen molar-refractivity contribution in [2.45, 2.75) is 19.9 Å². The second-order valence-corrected chi connectivity index (χ2v) is 7.89. The molecule has 1 atom stereocenters. The topological polar surface area (TPSA) is 107 Å². The van der Waals surface area contributed by atoms with Gasteiger partial charge in [-0.2, -0.15) is 0 Å². The number of nitrogens with one attached hydrogen (secondary N) is 2. The third-order valence-electron chi connectivity index (χ3n) is 4.43. The van der Waals surface area contributed by atoms with Gasteiger partial charge in [-0.05, 0) is 71.2 Å². The lowest BCUT2D eigenvalue weighted by molar-refractivity contribution is -0.139. The summed E-state index contributed by atoms with van der Waals surface area (Å²) in [6.07, 6.45) is 4.36. The van der Waals surface area contributed by atoms with Gasteiger partial charge in [0.2, 0.25) is 0 Å². The number of hydrogen-bond donors (Lipinski definition) is 2. The number of carbonyl (C=O) groups is 3. The van der Waals surface area contributed by atoms with Gasteiger partial charge in [0.25, 0.3) is 0 Å². The third kappa shape index (κ3) is 5.74. The van der Waals surface area contributed by atoms with E-state index in [2.05, 4.69) is 31.5 Å². The molecular weight excluding hydrogens is 502 g/mol. The molecule has 2 amide bonds. The maximum Gasteiger partial charge on any atom is 0.338 e. The van der Waals surface area contributed by atoms with Crippen LogP contribution in [0.2, 0.25) is 5.15 Å². The standard InChI is InChI=1S/C22H19BrClN3O5/c1-3-31-21(29)19-12(2)26-22(30)27-20(19)14-5-6-16(15(23)11-14)32-18(28)7-4-13-8-9-25-17(24)10-13/h4-11,20H,3H2,1-2H3,(H2,26,27,30)/b7-4+. The molecule has 0 saturated heterocycles. The van der Waals surface area contributed by atoms with E-state index < -0.39 is 24.0 Å². The first-order valence-corrected chi connectivity index (χ1v) is 10.7. The van der Waals surface area contributed by atoms with Crippen molar-refractivity contribution in [3.05, 3.63) is 74.6 Å². The lowest BCUT2D eigenvalue weighted by atomic mass is 9.95. The first-order valence-electron chi connectivity index (χ1n) is 9.54. The Morgan fingerprint density at radius 2 is 2.06 bits per heavy atom. The minimum Gasteiger partial charge on any atom is -0.463 e. The van der Waals surface area contributed by atoms with Gasteiger partial charge in [-0.25, -0.2) is 19.4 Å². The van der Waals surface area contributed by atoms with Crippen molar-refractivity contribution in [2.24, 2.45) is 0 Å². The Hall–Kier alpha value is -3.17. The second kappa shape index (κ2) is 10.4. The van der Waals surface area contributed by atoms with Crippen LogP contribution < -0.4 is 15.4 Å². The van der Waals surface area contributed by atoms with Gasteiger partial charge in [0.15, 0.2) is 0 Å². The fourth-order valence-electron chi connectivity index (χ4n) is 3.03. The van der Waals surface area contributed by atoms with Crippen molar-refractivity contribution < 1.29 is 23.9 Å². The van der Waals surface area contributed by atoms with E-state index in [1.54, 1.807) is 50.3 Å². The zero-order chi connectivity index (χ0) is 23.3. The molecule has 0 radical (unpaired) electrons. The van der Waals surface area contributed by atoms with Crippen LogP contribution in [0.5, 0.6) is 5.75 Å². The highest BCUT2D eigenvalue weighted by Gasteiger charge is 2.32. The van der Waals surface area contributed by atoms with Crippen LogP contribution in [0.25, 0.3) is 6.08 Å². The van der Waals surface area contributed by atoms with E-state index in [4.69, 9.17) is 21.1 Å². The lowest BCUT2D eigenvalue weighted by Gasteiger charge is -2.28. The summed E-state index contributed by atoms with van der Waals surface area (Å²) in [6.45, 7) is 3.54. The number of rotatable bonds is 6. The average molecular weight is 521 g/mol. The summed E-state index contributed by atoms with van der Waals surface area (Å²) in [5.74, 6) is -0.852. The molecule has 3 rings (SSSR count). The van der Waals surface area contributed by atoms with Gasteiger partial charge >= 0.3 is 18.0 Å². The molecule has 166 valence electrons. The number of ether oxygens (including phenoxy) is 2. The molecule has 2 aromatic rings. The van der Waals surface area contributed by atoms with Crippen LogP contribution in [-0.4, -0.2) is 29.6 Å². The smallest absolute Gasteiger partial charge is 0.338 e. The minimum absolute atomic E-state index is 0.202. The van der Waals surface area contributed by atoms with Crippen LogP contribution in [0.3, 0.4) is 0 Å². The summed E-state index contributed by atoms with van der Waals surface area (Å²) in [4.78, 5) is 40.5. The number of nitrogens with zero attached hydrogens (tertiary/aromatic N) is 1. The molecule has 2 N–H and O–H groups in total. The summed E-state index contributed by atoms with van der Waals surface area (Å²) >= 11 is 9.20. The summed E-state index contributed by atoms with van der Waals surface area (Å²) in [5.41, 5.74) is 2.01.